The highest BCUT2D eigenvalue weighted by atomic mass is 16.2. The van der Waals surface area contributed by atoms with E-state index in [9.17, 15) is 9.59 Å². The maximum absolute atomic E-state index is 12.9. The number of likely N-dealkylation sites (tertiary alicyclic amines) is 1. The number of carbonyl (C=O) groups is 2. The molecule has 1 aromatic carbocycles. The Morgan fingerprint density at radius 1 is 1.15 bits per heavy atom. The average Bonchev–Trinajstić information content (AvgIpc) is 2.94. The first-order valence-corrected chi connectivity index (χ1v) is 9.91. The van der Waals surface area contributed by atoms with E-state index in [0.29, 0.717) is 19.6 Å². The molecular formula is C21H32N4O2. The van der Waals surface area contributed by atoms with Gasteiger partial charge >= 0.3 is 12.1 Å². The number of carbonyl (C=O) groups excluding carboxylic acids is 2. The van der Waals surface area contributed by atoms with E-state index in [1.54, 1.807) is 0 Å². The molecule has 0 aromatic heterocycles. The minimum absolute atomic E-state index is 0.00484. The smallest absolute Gasteiger partial charge is 0.320 e. The molecule has 27 heavy (non-hydrogen) atoms. The van der Waals surface area contributed by atoms with Crippen LogP contribution in [-0.4, -0.2) is 64.5 Å². The Morgan fingerprint density at radius 2 is 1.85 bits per heavy atom. The molecule has 148 valence electrons. The molecule has 2 saturated heterocycles. The van der Waals surface area contributed by atoms with Gasteiger partial charge in [-0.25, -0.2) is 9.59 Å². The highest BCUT2D eigenvalue weighted by molar-refractivity contribution is 5.77. The van der Waals surface area contributed by atoms with Gasteiger partial charge in [-0.05, 0) is 46.1 Å². The fourth-order valence-electron chi connectivity index (χ4n) is 3.90. The fraction of sp³-hybridized carbons (Fsp3) is 0.619. The van der Waals surface area contributed by atoms with Gasteiger partial charge in [0.25, 0.3) is 0 Å². The third-order valence-corrected chi connectivity index (χ3v) is 5.26. The Balaban J connectivity index is 1.52. The largest absolute Gasteiger partial charge is 0.333 e. The summed E-state index contributed by atoms with van der Waals surface area (Å²) in [6, 6.07) is 8.70. The van der Waals surface area contributed by atoms with E-state index in [4.69, 9.17) is 0 Å². The predicted molar refractivity (Wildman–Crippen MR) is 107 cm³/mol. The summed E-state index contributed by atoms with van der Waals surface area (Å²) in [4.78, 5) is 31.0. The van der Waals surface area contributed by atoms with E-state index >= 15 is 0 Å². The van der Waals surface area contributed by atoms with Crippen molar-refractivity contribution in [1.29, 1.82) is 0 Å². The summed E-state index contributed by atoms with van der Waals surface area (Å²) in [5.74, 6) is 0. The van der Waals surface area contributed by atoms with Crippen LogP contribution >= 0.6 is 0 Å². The molecule has 0 aliphatic carbocycles. The molecule has 1 N–H and O–H groups in total. The summed E-state index contributed by atoms with van der Waals surface area (Å²) in [6.07, 6.45) is 1.70. The number of hydrogen-bond acceptors (Lipinski definition) is 2. The molecule has 6 nitrogen and oxygen atoms in total. The molecule has 0 saturated carbocycles. The lowest BCUT2D eigenvalue weighted by Gasteiger charge is -2.37. The Labute approximate surface area is 162 Å². The number of nitrogens with zero attached hydrogens (tertiary/aromatic N) is 3. The van der Waals surface area contributed by atoms with Crippen LogP contribution in [0.4, 0.5) is 9.59 Å². The van der Waals surface area contributed by atoms with Gasteiger partial charge < -0.3 is 20.0 Å². The molecule has 0 bridgehead atoms. The number of aryl methyl sites for hydroxylation is 1. The summed E-state index contributed by atoms with van der Waals surface area (Å²) in [5.41, 5.74) is 2.17. The van der Waals surface area contributed by atoms with Crippen molar-refractivity contribution in [3.63, 3.8) is 0 Å². The molecule has 3 rings (SSSR count). The molecule has 4 amide bonds. The number of hydrogen-bond donors (Lipinski definition) is 1. The summed E-state index contributed by atoms with van der Waals surface area (Å²) < 4.78 is 0. The lowest BCUT2D eigenvalue weighted by molar-refractivity contribution is 0.132. The van der Waals surface area contributed by atoms with Gasteiger partial charge in [0, 0.05) is 44.3 Å². The van der Waals surface area contributed by atoms with Crippen LogP contribution in [0.2, 0.25) is 0 Å². The maximum Gasteiger partial charge on any atom is 0.320 e. The van der Waals surface area contributed by atoms with E-state index in [0.717, 1.165) is 25.9 Å². The third-order valence-electron chi connectivity index (χ3n) is 5.26. The van der Waals surface area contributed by atoms with Crippen LogP contribution < -0.4 is 5.32 Å². The van der Waals surface area contributed by atoms with Gasteiger partial charge in [0.1, 0.15) is 0 Å². The second-order valence-electron chi connectivity index (χ2n) is 8.78. The minimum atomic E-state index is -0.227. The monoisotopic (exact) mass is 372 g/mol. The lowest BCUT2D eigenvalue weighted by atomic mass is 10.0. The van der Waals surface area contributed by atoms with Gasteiger partial charge in [-0.2, -0.15) is 0 Å². The van der Waals surface area contributed by atoms with E-state index in [1.807, 2.05) is 41.5 Å². The molecular weight excluding hydrogens is 340 g/mol. The standard InChI is InChI=1S/C21H32N4O2/c1-16-6-5-7-17(14-16)15-24-12-13-25(20(24)27)18-8-10-23(11-9-18)19(26)22-21(2,3)4/h5-7,14,18H,8-13,15H2,1-4H3,(H,22,26). The van der Waals surface area contributed by atoms with Crippen molar-refractivity contribution in [1.82, 2.24) is 20.0 Å². The molecule has 0 unspecified atom stereocenters. The van der Waals surface area contributed by atoms with Crippen LogP contribution in [0.15, 0.2) is 24.3 Å². The predicted octanol–water partition coefficient (Wildman–Crippen LogP) is 3.21. The first-order chi connectivity index (χ1) is 12.7. The summed E-state index contributed by atoms with van der Waals surface area (Å²) in [7, 11) is 0. The Kier molecular flexibility index (Phi) is 5.63. The van der Waals surface area contributed by atoms with Crippen molar-refractivity contribution in [3.05, 3.63) is 35.4 Å². The van der Waals surface area contributed by atoms with Crippen molar-refractivity contribution >= 4 is 12.1 Å². The first-order valence-electron chi connectivity index (χ1n) is 9.91. The van der Waals surface area contributed by atoms with Crippen molar-refractivity contribution in [2.45, 2.75) is 58.7 Å². The summed E-state index contributed by atoms with van der Waals surface area (Å²) in [5, 5.41) is 3.02. The van der Waals surface area contributed by atoms with Crippen molar-refractivity contribution in [2.24, 2.45) is 0 Å². The van der Waals surface area contributed by atoms with Gasteiger partial charge in [0.15, 0.2) is 0 Å². The molecule has 0 spiro atoms. The molecule has 0 atom stereocenters. The SMILES string of the molecule is Cc1cccc(CN2CCN(C3CCN(C(=O)NC(C)(C)C)CC3)C2=O)c1. The molecule has 1 aromatic rings. The number of urea groups is 2. The number of piperidine rings is 1. The number of amides is 4. The molecule has 0 radical (unpaired) electrons. The van der Waals surface area contributed by atoms with E-state index in [-0.39, 0.29) is 23.6 Å². The number of benzene rings is 1. The van der Waals surface area contributed by atoms with Crippen molar-refractivity contribution < 1.29 is 9.59 Å². The molecule has 2 fully saturated rings. The molecule has 2 heterocycles. The van der Waals surface area contributed by atoms with Gasteiger partial charge in [-0.1, -0.05) is 29.8 Å². The normalized spacial score (nSPS) is 19.0. The minimum Gasteiger partial charge on any atom is -0.333 e. The maximum atomic E-state index is 12.9. The Morgan fingerprint density at radius 3 is 2.48 bits per heavy atom. The number of rotatable bonds is 3. The van der Waals surface area contributed by atoms with Crippen LogP contribution in [0.1, 0.15) is 44.7 Å². The molecule has 2 aliphatic rings. The van der Waals surface area contributed by atoms with E-state index in [1.165, 1.54) is 11.1 Å². The molecule has 6 heteroatoms. The van der Waals surface area contributed by atoms with Crippen LogP contribution in [0.3, 0.4) is 0 Å². The fourth-order valence-corrected chi connectivity index (χ4v) is 3.90. The average molecular weight is 373 g/mol. The van der Waals surface area contributed by atoms with Crippen LogP contribution in [0, 0.1) is 6.92 Å². The highest BCUT2D eigenvalue weighted by Crippen LogP contribution is 2.23. The van der Waals surface area contributed by atoms with Crippen LogP contribution in [0.25, 0.3) is 0 Å². The second kappa shape index (κ2) is 7.79. The summed E-state index contributed by atoms with van der Waals surface area (Å²) >= 11 is 0. The zero-order valence-corrected chi connectivity index (χ0v) is 17.0. The quantitative estimate of drug-likeness (QED) is 0.886. The zero-order chi connectivity index (χ0) is 19.6. The van der Waals surface area contributed by atoms with Gasteiger partial charge in [-0.3, -0.25) is 0 Å². The van der Waals surface area contributed by atoms with E-state index in [2.05, 4.69) is 30.4 Å². The topological polar surface area (TPSA) is 55.9 Å². The number of nitrogens with one attached hydrogen (secondary N) is 1. The Hall–Kier alpha value is -2.24. The van der Waals surface area contributed by atoms with Crippen molar-refractivity contribution in [3.8, 4) is 0 Å². The third kappa shape index (κ3) is 4.93. The van der Waals surface area contributed by atoms with Gasteiger partial charge in [-0.15, -0.1) is 0 Å². The van der Waals surface area contributed by atoms with Crippen LogP contribution in [0.5, 0.6) is 0 Å². The van der Waals surface area contributed by atoms with Gasteiger partial charge in [0.05, 0.1) is 0 Å². The zero-order valence-electron chi connectivity index (χ0n) is 17.0. The van der Waals surface area contributed by atoms with Gasteiger partial charge in [0.2, 0.25) is 0 Å². The summed E-state index contributed by atoms with van der Waals surface area (Å²) in [6.45, 7) is 11.7. The van der Waals surface area contributed by atoms with E-state index < -0.39 is 0 Å². The molecule has 2 aliphatic heterocycles. The van der Waals surface area contributed by atoms with Crippen molar-refractivity contribution in [2.75, 3.05) is 26.2 Å². The lowest BCUT2D eigenvalue weighted by Crippen LogP contribution is -2.53. The van der Waals surface area contributed by atoms with Crippen LogP contribution in [-0.2, 0) is 6.54 Å². The highest BCUT2D eigenvalue weighted by Gasteiger charge is 2.36. The second-order valence-corrected chi connectivity index (χ2v) is 8.78. The Bertz CT molecular complexity index is 690. The first kappa shape index (κ1) is 19.5.